The van der Waals surface area contributed by atoms with Gasteiger partial charge < -0.3 is 26.5 Å². The van der Waals surface area contributed by atoms with Crippen molar-refractivity contribution in [2.75, 3.05) is 12.0 Å². The summed E-state index contributed by atoms with van der Waals surface area (Å²) < 4.78 is 0. The molecule has 0 aliphatic rings. The highest BCUT2D eigenvalue weighted by Gasteiger charge is 2.29. The molecule has 1 aromatic rings. The van der Waals surface area contributed by atoms with E-state index in [1.807, 2.05) is 6.26 Å². The Morgan fingerprint density at radius 2 is 2.00 bits per heavy atom. The molecule has 6 N–H and O–H groups in total. The average Bonchev–Trinajstić information content (AvgIpc) is 3.08. The van der Waals surface area contributed by atoms with Crippen LogP contribution in [0.3, 0.4) is 0 Å². The molecule has 0 bridgehead atoms. The number of carboxylic acid groups (broad SMARTS) is 1. The van der Waals surface area contributed by atoms with Gasteiger partial charge in [-0.25, -0.2) is 9.78 Å². The lowest BCUT2D eigenvalue weighted by Gasteiger charge is -2.24. The minimum absolute atomic E-state index is 0.256. The molecular weight excluding hydrogens is 358 g/mol. The van der Waals surface area contributed by atoms with Crippen molar-refractivity contribution in [2.24, 2.45) is 11.7 Å². The maximum atomic E-state index is 12.5. The van der Waals surface area contributed by atoms with Gasteiger partial charge in [-0.2, -0.15) is 11.8 Å². The predicted octanol–water partition coefficient (Wildman–Crippen LogP) is -0.257. The van der Waals surface area contributed by atoms with Crippen LogP contribution < -0.4 is 16.4 Å². The van der Waals surface area contributed by atoms with E-state index in [0.717, 1.165) is 0 Å². The second-order valence-electron chi connectivity index (χ2n) is 6.30. The van der Waals surface area contributed by atoms with Crippen molar-refractivity contribution in [3.05, 3.63) is 18.2 Å². The molecule has 0 aliphatic heterocycles. The molecule has 146 valence electrons. The smallest absolute Gasteiger partial charge is 0.326 e. The number of hydrogen-bond donors (Lipinski definition) is 5. The lowest BCUT2D eigenvalue weighted by Crippen LogP contribution is -2.55. The van der Waals surface area contributed by atoms with Gasteiger partial charge in [0.1, 0.15) is 12.1 Å². The Kier molecular flexibility index (Phi) is 9.14. The van der Waals surface area contributed by atoms with Crippen molar-refractivity contribution in [1.82, 2.24) is 20.6 Å². The van der Waals surface area contributed by atoms with Gasteiger partial charge in [0, 0.05) is 18.3 Å². The number of aromatic amines is 1. The summed E-state index contributed by atoms with van der Waals surface area (Å²) in [6, 6.07) is -2.71. The van der Waals surface area contributed by atoms with Crippen molar-refractivity contribution in [3.63, 3.8) is 0 Å². The molecule has 0 saturated carbocycles. The third-order valence-electron chi connectivity index (χ3n) is 3.81. The number of nitrogens with two attached hydrogens (primary N) is 1. The summed E-state index contributed by atoms with van der Waals surface area (Å²) in [5.74, 6) is -1.76. The minimum Gasteiger partial charge on any atom is -0.480 e. The summed E-state index contributed by atoms with van der Waals surface area (Å²) >= 11 is 1.53. The number of hydrogen-bond acceptors (Lipinski definition) is 6. The van der Waals surface area contributed by atoms with E-state index < -0.39 is 35.9 Å². The van der Waals surface area contributed by atoms with E-state index in [4.69, 9.17) is 5.73 Å². The summed E-state index contributed by atoms with van der Waals surface area (Å²) in [6.45, 7) is 3.41. The molecule has 0 fully saturated rings. The first-order valence-corrected chi connectivity index (χ1v) is 9.71. The third-order valence-corrected chi connectivity index (χ3v) is 4.45. The van der Waals surface area contributed by atoms with E-state index >= 15 is 0 Å². The van der Waals surface area contributed by atoms with Crippen LogP contribution in [0.1, 0.15) is 26.0 Å². The predicted molar refractivity (Wildman–Crippen MR) is 99.6 cm³/mol. The topological polar surface area (TPSA) is 150 Å². The second-order valence-corrected chi connectivity index (χ2v) is 7.28. The minimum atomic E-state index is -1.11. The fourth-order valence-electron chi connectivity index (χ4n) is 2.28. The van der Waals surface area contributed by atoms with E-state index in [-0.39, 0.29) is 12.3 Å². The first-order valence-electron chi connectivity index (χ1n) is 8.31. The van der Waals surface area contributed by atoms with Crippen molar-refractivity contribution in [1.29, 1.82) is 0 Å². The fourth-order valence-corrected chi connectivity index (χ4v) is 2.75. The average molecular weight is 385 g/mol. The van der Waals surface area contributed by atoms with Crippen molar-refractivity contribution in [2.45, 2.75) is 44.8 Å². The molecule has 1 heterocycles. The van der Waals surface area contributed by atoms with Crippen LogP contribution in [-0.4, -0.2) is 63.0 Å². The highest BCUT2D eigenvalue weighted by molar-refractivity contribution is 7.98. The maximum Gasteiger partial charge on any atom is 0.326 e. The zero-order chi connectivity index (χ0) is 19.7. The first-order chi connectivity index (χ1) is 12.3. The highest BCUT2D eigenvalue weighted by atomic mass is 32.2. The molecule has 0 aromatic carbocycles. The Morgan fingerprint density at radius 1 is 1.31 bits per heavy atom. The van der Waals surface area contributed by atoms with Crippen LogP contribution in [0.5, 0.6) is 0 Å². The monoisotopic (exact) mass is 385 g/mol. The summed E-state index contributed by atoms with van der Waals surface area (Å²) in [7, 11) is 0. The quantitative estimate of drug-likeness (QED) is 0.352. The number of thioether (sulfide) groups is 1. The van der Waals surface area contributed by atoms with Crippen LogP contribution in [0.25, 0.3) is 0 Å². The van der Waals surface area contributed by atoms with Crippen molar-refractivity contribution in [3.8, 4) is 0 Å². The Morgan fingerprint density at radius 3 is 2.50 bits per heavy atom. The van der Waals surface area contributed by atoms with Gasteiger partial charge in [-0.15, -0.1) is 0 Å². The fraction of sp³-hybridized carbons (Fsp3) is 0.625. The number of H-pyrrole nitrogens is 1. The molecule has 0 saturated heterocycles. The summed E-state index contributed by atoms with van der Waals surface area (Å²) in [5.41, 5.74) is 6.60. The molecular formula is C16H27N5O4S. The van der Waals surface area contributed by atoms with Crippen LogP contribution >= 0.6 is 11.8 Å². The maximum absolute atomic E-state index is 12.5. The molecule has 10 heteroatoms. The molecule has 0 aliphatic carbocycles. The van der Waals surface area contributed by atoms with E-state index in [0.29, 0.717) is 17.9 Å². The number of imidazole rings is 1. The standard InChI is InChI=1S/C16H27N5O4S/c1-9(2)13(16(24)25)21-15(23)12(4-5-26-3)20-14(22)11(17)6-10-7-18-8-19-10/h7-9,11-13H,4-6,17H2,1-3H3,(H,18,19)(H,20,22)(H,21,23)(H,24,25). The van der Waals surface area contributed by atoms with Crippen LogP contribution in [-0.2, 0) is 20.8 Å². The van der Waals surface area contributed by atoms with Crippen LogP contribution in [0.4, 0.5) is 0 Å². The van der Waals surface area contributed by atoms with Crippen LogP contribution in [0.15, 0.2) is 12.5 Å². The van der Waals surface area contributed by atoms with E-state index in [1.54, 1.807) is 20.0 Å². The Bertz CT molecular complexity index is 593. The van der Waals surface area contributed by atoms with E-state index in [1.165, 1.54) is 18.1 Å². The van der Waals surface area contributed by atoms with Crippen LogP contribution in [0.2, 0.25) is 0 Å². The lowest BCUT2D eigenvalue weighted by molar-refractivity contribution is -0.143. The number of amides is 2. The van der Waals surface area contributed by atoms with Gasteiger partial charge in [0.15, 0.2) is 0 Å². The number of carbonyl (C=O) groups excluding carboxylic acids is 2. The lowest BCUT2D eigenvalue weighted by atomic mass is 10.0. The summed E-state index contributed by atoms with van der Waals surface area (Å²) in [4.78, 5) is 42.8. The molecule has 1 aromatic heterocycles. The zero-order valence-electron chi connectivity index (χ0n) is 15.2. The molecule has 3 unspecified atom stereocenters. The van der Waals surface area contributed by atoms with Gasteiger partial charge in [0.05, 0.1) is 12.4 Å². The second kappa shape index (κ2) is 10.8. The molecule has 2 amide bonds. The Hall–Kier alpha value is -2.07. The van der Waals surface area contributed by atoms with Crippen LogP contribution in [0, 0.1) is 5.92 Å². The van der Waals surface area contributed by atoms with Gasteiger partial charge in [-0.3, -0.25) is 9.59 Å². The molecule has 0 spiro atoms. The Labute approximate surface area is 156 Å². The number of carboxylic acids is 1. The van der Waals surface area contributed by atoms with E-state index in [2.05, 4.69) is 20.6 Å². The molecule has 0 radical (unpaired) electrons. The molecule has 26 heavy (non-hydrogen) atoms. The third kappa shape index (κ3) is 7.04. The van der Waals surface area contributed by atoms with Crippen molar-refractivity contribution < 1.29 is 19.5 Å². The number of rotatable bonds is 11. The number of carbonyl (C=O) groups is 3. The number of aliphatic carboxylic acids is 1. The normalized spacial score (nSPS) is 14.5. The number of aromatic nitrogens is 2. The van der Waals surface area contributed by atoms with Gasteiger partial charge in [0.2, 0.25) is 11.8 Å². The molecule has 1 rings (SSSR count). The van der Waals surface area contributed by atoms with Gasteiger partial charge in [-0.05, 0) is 24.3 Å². The van der Waals surface area contributed by atoms with Gasteiger partial charge in [0.25, 0.3) is 0 Å². The SMILES string of the molecule is CSCCC(NC(=O)C(N)Cc1cnc[nH]1)C(=O)NC(C(=O)O)C(C)C. The van der Waals surface area contributed by atoms with E-state index in [9.17, 15) is 19.5 Å². The highest BCUT2D eigenvalue weighted by Crippen LogP contribution is 2.06. The molecule has 9 nitrogen and oxygen atoms in total. The first kappa shape index (κ1) is 22.0. The number of nitrogens with zero attached hydrogens (tertiary/aromatic N) is 1. The molecule has 3 atom stereocenters. The van der Waals surface area contributed by atoms with Gasteiger partial charge >= 0.3 is 5.97 Å². The summed E-state index contributed by atoms with van der Waals surface area (Å²) in [6.07, 6.45) is 5.58. The van der Waals surface area contributed by atoms with Crippen molar-refractivity contribution >= 4 is 29.5 Å². The zero-order valence-corrected chi connectivity index (χ0v) is 16.0. The largest absolute Gasteiger partial charge is 0.480 e. The summed E-state index contributed by atoms with van der Waals surface area (Å²) in [5, 5.41) is 14.4. The Balaban J connectivity index is 2.73. The number of nitrogens with one attached hydrogen (secondary N) is 3. The van der Waals surface area contributed by atoms with Gasteiger partial charge in [-0.1, -0.05) is 13.8 Å².